The predicted octanol–water partition coefficient (Wildman–Crippen LogP) is 3.45. The number of para-hydroxylation sites is 1. The minimum absolute atomic E-state index is 0.0433. The molecule has 2 aromatic rings. The first-order valence-corrected chi connectivity index (χ1v) is 7.82. The van der Waals surface area contributed by atoms with E-state index in [-0.39, 0.29) is 12.4 Å². The first kappa shape index (κ1) is 16.5. The van der Waals surface area contributed by atoms with Gasteiger partial charge in [-0.2, -0.15) is 5.10 Å². The molecule has 1 amide bonds. The summed E-state index contributed by atoms with van der Waals surface area (Å²) in [6.45, 7) is -0.143. The Balaban J connectivity index is 1.88. The van der Waals surface area contributed by atoms with E-state index in [2.05, 4.69) is 42.4 Å². The summed E-state index contributed by atoms with van der Waals surface area (Å²) in [5.41, 5.74) is 2.79. The molecule has 0 aliphatic carbocycles. The number of halogens is 2. The highest BCUT2D eigenvalue weighted by Gasteiger charge is 2.06. The van der Waals surface area contributed by atoms with E-state index in [0.717, 1.165) is 4.47 Å². The summed E-state index contributed by atoms with van der Waals surface area (Å²) in [5, 5.41) is 13.6. The molecule has 0 aliphatic heterocycles. The third-order valence-electron chi connectivity index (χ3n) is 2.56. The Morgan fingerprint density at radius 1 is 1.27 bits per heavy atom. The molecule has 0 saturated carbocycles. The second-order valence-corrected chi connectivity index (χ2v) is 5.99. The second-order valence-electron chi connectivity index (χ2n) is 4.22. The number of hydrogen-bond acceptors (Lipinski definition) is 4. The molecule has 0 aromatic heterocycles. The normalized spacial score (nSPS) is 10.6. The van der Waals surface area contributed by atoms with E-state index in [1.165, 1.54) is 6.21 Å². The molecular formula is C15H12Br2N2O3. The van der Waals surface area contributed by atoms with Gasteiger partial charge in [0, 0.05) is 10.0 Å². The highest BCUT2D eigenvalue weighted by atomic mass is 79.9. The fourth-order valence-corrected chi connectivity index (χ4v) is 2.81. The second kappa shape index (κ2) is 7.95. The maximum absolute atomic E-state index is 11.6. The molecule has 0 atom stereocenters. The highest BCUT2D eigenvalue weighted by Crippen LogP contribution is 2.30. The largest absolute Gasteiger partial charge is 0.506 e. The maximum Gasteiger partial charge on any atom is 0.277 e. The van der Waals surface area contributed by atoms with Gasteiger partial charge < -0.3 is 9.84 Å². The van der Waals surface area contributed by atoms with Crippen LogP contribution in [0, 0.1) is 0 Å². The van der Waals surface area contributed by atoms with Gasteiger partial charge in [0.1, 0.15) is 11.5 Å². The quantitative estimate of drug-likeness (QED) is 0.567. The van der Waals surface area contributed by atoms with Crippen molar-refractivity contribution >= 4 is 44.0 Å². The molecule has 5 nitrogen and oxygen atoms in total. The lowest BCUT2D eigenvalue weighted by Gasteiger charge is -2.05. The van der Waals surface area contributed by atoms with Crippen molar-refractivity contribution in [3.05, 3.63) is 57.0 Å². The monoisotopic (exact) mass is 426 g/mol. The van der Waals surface area contributed by atoms with Crippen molar-refractivity contribution in [1.82, 2.24) is 5.43 Å². The van der Waals surface area contributed by atoms with Gasteiger partial charge in [-0.25, -0.2) is 5.43 Å². The third kappa shape index (κ3) is 4.85. The van der Waals surface area contributed by atoms with Crippen LogP contribution >= 0.6 is 31.9 Å². The topological polar surface area (TPSA) is 70.9 Å². The molecule has 0 saturated heterocycles. The van der Waals surface area contributed by atoms with E-state index in [9.17, 15) is 9.90 Å². The number of phenols is 1. The zero-order valence-corrected chi connectivity index (χ0v) is 14.5. The molecule has 2 aromatic carbocycles. The summed E-state index contributed by atoms with van der Waals surface area (Å²) in [6, 6.07) is 12.4. The minimum atomic E-state index is -0.395. The van der Waals surface area contributed by atoms with E-state index in [4.69, 9.17) is 4.74 Å². The molecule has 0 bridgehead atoms. The summed E-state index contributed by atoms with van der Waals surface area (Å²) >= 11 is 6.53. The van der Waals surface area contributed by atoms with Gasteiger partial charge in [-0.15, -0.1) is 0 Å². The van der Waals surface area contributed by atoms with Crippen LogP contribution in [-0.2, 0) is 4.79 Å². The van der Waals surface area contributed by atoms with Gasteiger partial charge in [0.05, 0.1) is 10.7 Å². The number of hydrogen-bond donors (Lipinski definition) is 2. The van der Waals surface area contributed by atoms with Gasteiger partial charge >= 0.3 is 0 Å². The van der Waals surface area contributed by atoms with Crippen molar-refractivity contribution in [2.24, 2.45) is 5.10 Å². The zero-order chi connectivity index (χ0) is 15.9. The molecule has 0 radical (unpaired) electrons. The van der Waals surface area contributed by atoms with Gasteiger partial charge in [0.2, 0.25) is 0 Å². The van der Waals surface area contributed by atoms with Crippen LogP contribution in [0.5, 0.6) is 11.5 Å². The van der Waals surface area contributed by atoms with Crippen molar-refractivity contribution in [2.45, 2.75) is 0 Å². The lowest BCUT2D eigenvalue weighted by Crippen LogP contribution is -2.24. The Bertz CT molecular complexity index is 691. The number of carbonyl (C=O) groups excluding carboxylic acids is 1. The molecule has 0 heterocycles. The fourth-order valence-electron chi connectivity index (χ4n) is 1.56. The van der Waals surface area contributed by atoms with Crippen molar-refractivity contribution < 1.29 is 14.6 Å². The molecule has 2 rings (SSSR count). The number of nitrogens with one attached hydrogen (secondary N) is 1. The molecule has 2 N–H and O–H groups in total. The third-order valence-corrected chi connectivity index (χ3v) is 3.63. The first-order valence-electron chi connectivity index (χ1n) is 6.24. The van der Waals surface area contributed by atoms with E-state index in [1.807, 2.05) is 18.2 Å². The maximum atomic E-state index is 11.6. The first-order chi connectivity index (χ1) is 10.6. The summed E-state index contributed by atoms with van der Waals surface area (Å²) in [7, 11) is 0. The van der Waals surface area contributed by atoms with Crippen molar-refractivity contribution in [3.8, 4) is 11.5 Å². The number of benzene rings is 2. The molecule has 0 unspecified atom stereocenters. The Labute approximate surface area is 144 Å². The van der Waals surface area contributed by atoms with Gasteiger partial charge in [-0.1, -0.05) is 34.1 Å². The Kier molecular flexibility index (Phi) is 5.97. The van der Waals surface area contributed by atoms with Gasteiger partial charge in [0.15, 0.2) is 6.61 Å². The lowest BCUT2D eigenvalue weighted by atomic mass is 10.2. The van der Waals surface area contributed by atoms with Crippen molar-refractivity contribution in [2.75, 3.05) is 6.61 Å². The van der Waals surface area contributed by atoms with Crippen LogP contribution < -0.4 is 10.2 Å². The number of carbonyl (C=O) groups is 1. The van der Waals surface area contributed by atoms with Crippen LogP contribution in [-0.4, -0.2) is 23.8 Å². The summed E-state index contributed by atoms with van der Waals surface area (Å²) in [4.78, 5) is 11.6. The number of nitrogens with zero attached hydrogens (tertiary/aromatic N) is 1. The lowest BCUT2D eigenvalue weighted by molar-refractivity contribution is -0.123. The number of amides is 1. The van der Waals surface area contributed by atoms with Crippen LogP contribution in [0.15, 0.2) is 56.5 Å². The summed E-state index contributed by atoms with van der Waals surface area (Å²) in [6.07, 6.45) is 1.35. The number of hydrazone groups is 1. The van der Waals surface area contributed by atoms with E-state index < -0.39 is 5.91 Å². The predicted molar refractivity (Wildman–Crippen MR) is 91.2 cm³/mol. The van der Waals surface area contributed by atoms with Gasteiger partial charge in [0.25, 0.3) is 5.91 Å². The average molecular weight is 428 g/mol. The van der Waals surface area contributed by atoms with E-state index in [1.54, 1.807) is 24.3 Å². The highest BCUT2D eigenvalue weighted by molar-refractivity contribution is 9.11. The number of aromatic hydroxyl groups is 1. The van der Waals surface area contributed by atoms with Crippen LogP contribution in [0.4, 0.5) is 0 Å². The molecule has 22 heavy (non-hydrogen) atoms. The van der Waals surface area contributed by atoms with Crippen LogP contribution in [0.2, 0.25) is 0 Å². The van der Waals surface area contributed by atoms with Crippen LogP contribution in [0.1, 0.15) is 5.56 Å². The SMILES string of the molecule is O=C(COc1ccccc1)N/N=C/c1cc(Br)cc(Br)c1O. The van der Waals surface area contributed by atoms with Gasteiger partial charge in [-0.3, -0.25) is 4.79 Å². The van der Waals surface area contributed by atoms with Crippen LogP contribution in [0.3, 0.4) is 0 Å². The molecule has 0 fully saturated rings. The molecule has 0 spiro atoms. The smallest absolute Gasteiger partial charge is 0.277 e. The number of ether oxygens (including phenoxy) is 1. The van der Waals surface area contributed by atoms with E-state index >= 15 is 0 Å². The summed E-state index contributed by atoms with van der Waals surface area (Å²) < 4.78 is 6.59. The minimum Gasteiger partial charge on any atom is -0.506 e. The number of phenolic OH excluding ortho intramolecular Hbond substituents is 1. The molecule has 0 aliphatic rings. The summed E-state index contributed by atoms with van der Waals surface area (Å²) in [5.74, 6) is 0.255. The van der Waals surface area contributed by atoms with Crippen LogP contribution in [0.25, 0.3) is 0 Å². The Morgan fingerprint density at radius 3 is 2.73 bits per heavy atom. The number of rotatable bonds is 5. The van der Waals surface area contributed by atoms with E-state index in [0.29, 0.717) is 15.8 Å². The average Bonchev–Trinajstić information content (AvgIpc) is 2.51. The Morgan fingerprint density at radius 2 is 2.00 bits per heavy atom. The van der Waals surface area contributed by atoms with Crippen molar-refractivity contribution in [1.29, 1.82) is 0 Å². The molecule has 114 valence electrons. The molecule has 7 heteroatoms. The van der Waals surface area contributed by atoms with Crippen molar-refractivity contribution in [3.63, 3.8) is 0 Å². The molecular weight excluding hydrogens is 416 g/mol. The fraction of sp³-hybridized carbons (Fsp3) is 0.0667. The van der Waals surface area contributed by atoms with Gasteiger partial charge in [-0.05, 0) is 40.2 Å². The Hall–Kier alpha value is -1.86. The zero-order valence-electron chi connectivity index (χ0n) is 11.3. The standard InChI is InChI=1S/C15H12Br2N2O3/c16-11-6-10(15(21)13(17)7-11)8-18-19-14(20)9-22-12-4-2-1-3-5-12/h1-8,21H,9H2,(H,19,20)/b18-8+.